The highest BCUT2D eigenvalue weighted by atomic mass is 16.5. The molecule has 22 heavy (non-hydrogen) atoms. The Hall–Kier alpha value is -2.08. The van der Waals surface area contributed by atoms with Crippen LogP contribution in [0.25, 0.3) is 0 Å². The second-order valence-corrected chi connectivity index (χ2v) is 5.71. The van der Waals surface area contributed by atoms with E-state index in [1.54, 1.807) is 6.26 Å². The van der Waals surface area contributed by atoms with Gasteiger partial charge in [-0.15, -0.1) is 0 Å². The van der Waals surface area contributed by atoms with Crippen molar-refractivity contribution >= 4 is 5.91 Å². The monoisotopic (exact) mass is 303 g/mol. The molecule has 1 aliphatic heterocycles. The number of furan rings is 1. The summed E-state index contributed by atoms with van der Waals surface area (Å²) >= 11 is 0. The maximum atomic E-state index is 12.2. The molecule has 2 aromatic rings. The Balaban J connectivity index is 1.75. The molecule has 0 saturated carbocycles. The summed E-state index contributed by atoms with van der Waals surface area (Å²) in [6, 6.07) is 5.63. The van der Waals surface area contributed by atoms with Crippen molar-refractivity contribution in [3.8, 4) is 0 Å². The third-order valence-electron chi connectivity index (χ3n) is 3.98. The third kappa shape index (κ3) is 3.06. The standard InChI is InChI=1S/C16H21N3O3/c1-11-8-12(2)19(18-11)14(15-4-3-6-22-15)9-17-16(20)13-5-7-21-10-13/h3-4,6,8,13-14H,5,7,9-10H2,1-2H3,(H,17,20)/t13-,14-/m1/s1. The maximum absolute atomic E-state index is 12.2. The van der Waals surface area contributed by atoms with Crippen LogP contribution in [0.2, 0.25) is 0 Å². The van der Waals surface area contributed by atoms with E-state index in [9.17, 15) is 4.79 Å². The van der Waals surface area contributed by atoms with Crippen molar-refractivity contribution in [2.45, 2.75) is 26.3 Å². The zero-order valence-electron chi connectivity index (χ0n) is 12.9. The molecule has 118 valence electrons. The number of ether oxygens (including phenoxy) is 1. The SMILES string of the molecule is Cc1cc(C)n([C@H](CNC(=O)[C@@H]2CCOC2)c2ccco2)n1. The van der Waals surface area contributed by atoms with Crippen LogP contribution in [0.3, 0.4) is 0 Å². The quantitative estimate of drug-likeness (QED) is 0.915. The molecule has 3 rings (SSSR count). The number of hydrogen-bond donors (Lipinski definition) is 1. The molecule has 0 spiro atoms. The van der Waals surface area contributed by atoms with Gasteiger partial charge in [0.1, 0.15) is 11.8 Å². The molecule has 2 atom stereocenters. The van der Waals surface area contributed by atoms with Crippen molar-refractivity contribution in [3.63, 3.8) is 0 Å². The van der Waals surface area contributed by atoms with Crippen LogP contribution in [0.15, 0.2) is 28.9 Å². The fraction of sp³-hybridized carbons (Fsp3) is 0.500. The molecule has 1 fully saturated rings. The largest absolute Gasteiger partial charge is 0.467 e. The Kier molecular flexibility index (Phi) is 4.29. The Morgan fingerprint density at radius 1 is 1.55 bits per heavy atom. The Labute approximate surface area is 129 Å². The van der Waals surface area contributed by atoms with Crippen molar-refractivity contribution < 1.29 is 13.9 Å². The zero-order chi connectivity index (χ0) is 15.5. The van der Waals surface area contributed by atoms with Crippen LogP contribution in [-0.4, -0.2) is 35.4 Å². The lowest BCUT2D eigenvalue weighted by molar-refractivity contribution is -0.125. The first-order chi connectivity index (χ1) is 10.6. The van der Waals surface area contributed by atoms with E-state index in [2.05, 4.69) is 10.4 Å². The van der Waals surface area contributed by atoms with Crippen LogP contribution in [-0.2, 0) is 9.53 Å². The average Bonchev–Trinajstić information content (AvgIpc) is 3.22. The van der Waals surface area contributed by atoms with E-state index in [-0.39, 0.29) is 17.9 Å². The molecule has 0 aliphatic carbocycles. The van der Waals surface area contributed by atoms with E-state index < -0.39 is 0 Å². The number of aryl methyl sites for hydroxylation is 2. The minimum Gasteiger partial charge on any atom is -0.467 e. The number of carbonyl (C=O) groups excluding carboxylic acids is 1. The minimum absolute atomic E-state index is 0.0376. The summed E-state index contributed by atoms with van der Waals surface area (Å²) in [4.78, 5) is 12.2. The number of nitrogens with one attached hydrogen (secondary N) is 1. The lowest BCUT2D eigenvalue weighted by Gasteiger charge is -2.19. The fourth-order valence-electron chi connectivity index (χ4n) is 2.83. The first kappa shape index (κ1) is 14.8. The first-order valence-corrected chi connectivity index (χ1v) is 7.57. The van der Waals surface area contributed by atoms with Crippen LogP contribution in [0.5, 0.6) is 0 Å². The summed E-state index contributed by atoms with van der Waals surface area (Å²) in [5.41, 5.74) is 1.99. The van der Waals surface area contributed by atoms with Gasteiger partial charge in [0.25, 0.3) is 0 Å². The number of aromatic nitrogens is 2. The highest BCUT2D eigenvalue weighted by Crippen LogP contribution is 2.21. The lowest BCUT2D eigenvalue weighted by atomic mass is 10.1. The van der Waals surface area contributed by atoms with Gasteiger partial charge in [-0.3, -0.25) is 9.48 Å². The minimum atomic E-state index is -0.144. The maximum Gasteiger partial charge on any atom is 0.225 e. The number of hydrogen-bond acceptors (Lipinski definition) is 4. The fourth-order valence-corrected chi connectivity index (χ4v) is 2.83. The van der Waals surface area contributed by atoms with Crippen molar-refractivity contribution in [2.24, 2.45) is 5.92 Å². The molecule has 6 heteroatoms. The molecule has 1 N–H and O–H groups in total. The van der Waals surface area contributed by atoms with Gasteiger partial charge in [0.2, 0.25) is 5.91 Å². The summed E-state index contributed by atoms with van der Waals surface area (Å²) in [7, 11) is 0. The van der Waals surface area contributed by atoms with Gasteiger partial charge in [0, 0.05) is 18.8 Å². The Bertz CT molecular complexity index is 627. The molecular weight excluding hydrogens is 282 g/mol. The van der Waals surface area contributed by atoms with Gasteiger partial charge in [0.05, 0.1) is 24.5 Å². The van der Waals surface area contributed by atoms with E-state index in [1.165, 1.54) is 0 Å². The summed E-state index contributed by atoms with van der Waals surface area (Å²) < 4.78 is 12.7. The number of carbonyl (C=O) groups is 1. The van der Waals surface area contributed by atoms with Crippen LogP contribution in [0, 0.1) is 19.8 Å². The molecular formula is C16H21N3O3. The summed E-state index contributed by atoms with van der Waals surface area (Å²) in [5.74, 6) is 0.780. The van der Waals surface area contributed by atoms with Crippen molar-refractivity contribution in [2.75, 3.05) is 19.8 Å². The normalized spacial score (nSPS) is 19.3. The van der Waals surface area contributed by atoms with E-state index in [1.807, 2.05) is 36.7 Å². The van der Waals surface area contributed by atoms with Crippen molar-refractivity contribution in [1.82, 2.24) is 15.1 Å². The van der Waals surface area contributed by atoms with E-state index in [0.29, 0.717) is 19.8 Å². The third-order valence-corrected chi connectivity index (χ3v) is 3.98. The van der Waals surface area contributed by atoms with Crippen molar-refractivity contribution in [3.05, 3.63) is 41.6 Å². The van der Waals surface area contributed by atoms with Crippen LogP contribution >= 0.6 is 0 Å². The summed E-state index contributed by atoms with van der Waals surface area (Å²) in [6.07, 6.45) is 2.43. The van der Waals surface area contributed by atoms with Crippen LogP contribution in [0.4, 0.5) is 0 Å². The second-order valence-electron chi connectivity index (χ2n) is 5.71. The molecule has 0 radical (unpaired) electrons. The highest BCUT2D eigenvalue weighted by Gasteiger charge is 2.26. The van der Waals surface area contributed by atoms with E-state index >= 15 is 0 Å². The van der Waals surface area contributed by atoms with Crippen molar-refractivity contribution in [1.29, 1.82) is 0 Å². The molecule has 0 aromatic carbocycles. The van der Waals surface area contributed by atoms with Gasteiger partial charge < -0.3 is 14.5 Å². The average molecular weight is 303 g/mol. The Morgan fingerprint density at radius 2 is 2.41 bits per heavy atom. The molecule has 1 amide bonds. The zero-order valence-corrected chi connectivity index (χ0v) is 12.9. The lowest BCUT2D eigenvalue weighted by Crippen LogP contribution is -2.36. The van der Waals surface area contributed by atoms with Gasteiger partial charge in [-0.25, -0.2) is 0 Å². The predicted molar refractivity (Wildman–Crippen MR) is 80.5 cm³/mol. The van der Waals surface area contributed by atoms with Gasteiger partial charge >= 0.3 is 0 Å². The van der Waals surface area contributed by atoms with Gasteiger partial charge in [-0.1, -0.05) is 0 Å². The number of nitrogens with zero attached hydrogens (tertiary/aromatic N) is 2. The van der Waals surface area contributed by atoms with Gasteiger partial charge in [-0.05, 0) is 38.5 Å². The Morgan fingerprint density at radius 3 is 3.00 bits per heavy atom. The molecule has 2 aromatic heterocycles. The molecule has 3 heterocycles. The smallest absolute Gasteiger partial charge is 0.225 e. The molecule has 1 aliphatic rings. The molecule has 1 saturated heterocycles. The van der Waals surface area contributed by atoms with Gasteiger partial charge in [0.15, 0.2) is 0 Å². The summed E-state index contributed by atoms with van der Waals surface area (Å²) in [5, 5.41) is 7.53. The summed E-state index contributed by atoms with van der Waals surface area (Å²) in [6.45, 7) is 5.58. The number of amides is 1. The van der Waals surface area contributed by atoms with E-state index in [0.717, 1.165) is 23.6 Å². The second kappa shape index (κ2) is 6.36. The number of rotatable bonds is 5. The van der Waals surface area contributed by atoms with Crippen LogP contribution < -0.4 is 5.32 Å². The molecule has 6 nitrogen and oxygen atoms in total. The molecule has 0 unspecified atom stereocenters. The first-order valence-electron chi connectivity index (χ1n) is 7.57. The topological polar surface area (TPSA) is 69.3 Å². The van der Waals surface area contributed by atoms with Crippen LogP contribution in [0.1, 0.15) is 29.6 Å². The predicted octanol–water partition coefficient (Wildman–Crippen LogP) is 1.84. The highest BCUT2D eigenvalue weighted by molar-refractivity contribution is 5.79. The molecule has 0 bridgehead atoms. The van der Waals surface area contributed by atoms with E-state index in [4.69, 9.17) is 9.15 Å². The van der Waals surface area contributed by atoms with Gasteiger partial charge in [-0.2, -0.15) is 5.10 Å².